The van der Waals surface area contributed by atoms with Crippen LogP contribution in [0.25, 0.3) is 10.8 Å². The Bertz CT molecular complexity index is 682. The summed E-state index contributed by atoms with van der Waals surface area (Å²) < 4.78 is 5.19. The van der Waals surface area contributed by atoms with Crippen molar-refractivity contribution in [3.05, 3.63) is 72.2 Å². The van der Waals surface area contributed by atoms with Crippen molar-refractivity contribution in [2.75, 3.05) is 6.54 Å². The zero-order valence-electron chi connectivity index (χ0n) is 12.4. The number of fused-ring (bicyclic) bond motifs is 1. The quantitative estimate of drug-likeness (QED) is 0.731. The lowest BCUT2D eigenvalue weighted by atomic mass is 9.96. The Kier molecular flexibility index (Phi) is 4.37. The predicted octanol–water partition coefficient (Wildman–Crippen LogP) is 4.20. The van der Waals surface area contributed by atoms with Crippen LogP contribution in [-0.4, -0.2) is 12.6 Å². The van der Waals surface area contributed by atoms with E-state index in [-0.39, 0.29) is 0 Å². The van der Waals surface area contributed by atoms with Gasteiger partial charge in [0.25, 0.3) is 0 Å². The average Bonchev–Trinajstić information content (AvgIpc) is 3.01. The molecule has 0 saturated carbocycles. The van der Waals surface area contributed by atoms with Crippen LogP contribution in [-0.2, 0) is 12.8 Å². The Morgan fingerprint density at radius 3 is 2.67 bits per heavy atom. The first-order valence-corrected chi connectivity index (χ1v) is 7.58. The van der Waals surface area contributed by atoms with Gasteiger partial charge in [-0.05, 0) is 47.4 Å². The van der Waals surface area contributed by atoms with E-state index in [1.54, 1.807) is 6.26 Å². The first kappa shape index (κ1) is 13.9. The van der Waals surface area contributed by atoms with Gasteiger partial charge >= 0.3 is 0 Å². The van der Waals surface area contributed by atoms with E-state index < -0.39 is 0 Å². The normalized spacial score (nSPS) is 12.6. The molecule has 1 atom stereocenters. The Morgan fingerprint density at radius 2 is 1.86 bits per heavy atom. The van der Waals surface area contributed by atoms with Crippen molar-refractivity contribution in [3.63, 3.8) is 0 Å². The van der Waals surface area contributed by atoms with Gasteiger partial charge in [-0.3, -0.25) is 0 Å². The summed E-state index contributed by atoms with van der Waals surface area (Å²) in [6.45, 7) is 3.14. The molecule has 1 heterocycles. The van der Waals surface area contributed by atoms with E-state index in [0.29, 0.717) is 6.04 Å². The third kappa shape index (κ3) is 3.34. The zero-order valence-corrected chi connectivity index (χ0v) is 12.4. The summed E-state index contributed by atoms with van der Waals surface area (Å²) in [6.07, 6.45) is 5.61. The van der Waals surface area contributed by atoms with Gasteiger partial charge in [-0.25, -0.2) is 0 Å². The molecule has 1 aromatic heterocycles. The van der Waals surface area contributed by atoms with Crippen molar-refractivity contribution in [2.45, 2.75) is 25.8 Å². The molecule has 2 heteroatoms. The molecule has 3 aromatic rings. The maximum absolute atomic E-state index is 5.19. The molecule has 0 aliphatic heterocycles. The molecule has 21 heavy (non-hydrogen) atoms. The van der Waals surface area contributed by atoms with Gasteiger partial charge in [-0.1, -0.05) is 49.4 Å². The van der Waals surface area contributed by atoms with E-state index in [4.69, 9.17) is 4.42 Å². The Labute approximate surface area is 125 Å². The maximum atomic E-state index is 5.19. The molecular formula is C19H21NO. The number of hydrogen-bond donors (Lipinski definition) is 1. The number of rotatable bonds is 6. The predicted molar refractivity (Wildman–Crippen MR) is 87.5 cm³/mol. The Balaban J connectivity index is 1.83. The van der Waals surface area contributed by atoms with Crippen molar-refractivity contribution in [3.8, 4) is 0 Å². The zero-order chi connectivity index (χ0) is 14.5. The van der Waals surface area contributed by atoms with Crippen molar-refractivity contribution in [1.29, 1.82) is 0 Å². The summed E-state index contributed by atoms with van der Waals surface area (Å²) in [4.78, 5) is 0. The maximum Gasteiger partial charge on any atom is 0.0935 e. The molecule has 0 aliphatic carbocycles. The van der Waals surface area contributed by atoms with Gasteiger partial charge < -0.3 is 9.73 Å². The third-order valence-corrected chi connectivity index (χ3v) is 3.90. The highest BCUT2D eigenvalue weighted by molar-refractivity contribution is 5.85. The van der Waals surface area contributed by atoms with Crippen molar-refractivity contribution >= 4 is 10.8 Å². The number of hydrogen-bond acceptors (Lipinski definition) is 2. The highest BCUT2D eigenvalue weighted by Crippen LogP contribution is 2.20. The molecule has 0 amide bonds. The molecule has 0 radical (unpaired) electrons. The van der Waals surface area contributed by atoms with Crippen LogP contribution in [0.4, 0.5) is 0 Å². The SMILES string of the molecule is CCNC(Cc1ccoc1)Cc1cccc2ccccc12. The number of benzene rings is 2. The number of furan rings is 1. The van der Waals surface area contributed by atoms with Crippen LogP contribution >= 0.6 is 0 Å². The van der Waals surface area contributed by atoms with Crippen LogP contribution in [0.1, 0.15) is 18.1 Å². The Morgan fingerprint density at radius 1 is 1.00 bits per heavy atom. The summed E-state index contributed by atoms with van der Waals surface area (Å²) in [5.74, 6) is 0. The third-order valence-electron chi connectivity index (χ3n) is 3.90. The van der Waals surface area contributed by atoms with E-state index in [0.717, 1.165) is 19.4 Å². The summed E-state index contributed by atoms with van der Waals surface area (Å²) in [5.41, 5.74) is 2.66. The van der Waals surface area contributed by atoms with E-state index in [1.807, 2.05) is 12.3 Å². The van der Waals surface area contributed by atoms with Crippen LogP contribution in [0.15, 0.2) is 65.5 Å². The second-order valence-corrected chi connectivity index (χ2v) is 5.43. The minimum Gasteiger partial charge on any atom is -0.472 e. The van der Waals surface area contributed by atoms with Gasteiger partial charge in [-0.2, -0.15) is 0 Å². The van der Waals surface area contributed by atoms with Gasteiger partial charge in [0.05, 0.1) is 12.5 Å². The molecule has 0 fully saturated rings. The van der Waals surface area contributed by atoms with Gasteiger partial charge in [-0.15, -0.1) is 0 Å². The second kappa shape index (κ2) is 6.59. The monoisotopic (exact) mass is 279 g/mol. The van der Waals surface area contributed by atoms with Crippen LogP contribution in [0.5, 0.6) is 0 Å². The molecule has 1 N–H and O–H groups in total. The summed E-state index contributed by atoms with van der Waals surface area (Å²) in [7, 11) is 0. The molecule has 0 aliphatic rings. The molecule has 3 rings (SSSR count). The largest absolute Gasteiger partial charge is 0.472 e. The first-order chi connectivity index (χ1) is 10.4. The van der Waals surface area contributed by atoms with Gasteiger partial charge in [0.2, 0.25) is 0 Å². The fourth-order valence-electron chi connectivity index (χ4n) is 2.93. The standard InChI is InChI=1S/C19H21NO/c1-2-20-18(12-15-10-11-21-14-15)13-17-8-5-7-16-6-3-4-9-19(16)17/h3-11,14,18,20H,2,12-13H2,1H3. The van der Waals surface area contributed by atoms with Crippen LogP contribution in [0.3, 0.4) is 0 Å². The van der Waals surface area contributed by atoms with Crippen molar-refractivity contribution < 1.29 is 4.42 Å². The molecule has 108 valence electrons. The molecule has 1 unspecified atom stereocenters. The summed E-state index contributed by atoms with van der Waals surface area (Å²) >= 11 is 0. The van der Waals surface area contributed by atoms with Crippen LogP contribution in [0.2, 0.25) is 0 Å². The fourth-order valence-corrected chi connectivity index (χ4v) is 2.93. The minimum absolute atomic E-state index is 0.429. The highest BCUT2D eigenvalue weighted by Gasteiger charge is 2.12. The van der Waals surface area contributed by atoms with E-state index in [1.165, 1.54) is 21.9 Å². The molecule has 0 saturated heterocycles. The van der Waals surface area contributed by atoms with Crippen LogP contribution in [0, 0.1) is 0 Å². The lowest BCUT2D eigenvalue weighted by Gasteiger charge is -2.18. The average molecular weight is 279 g/mol. The van der Waals surface area contributed by atoms with Gasteiger partial charge in [0.15, 0.2) is 0 Å². The first-order valence-electron chi connectivity index (χ1n) is 7.58. The summed E-state index contributed by atoms with van der Waals surface area (Å²) in [6, 6.07) is 17.6. The van der Waals surface area contributed by atoms with Crippen molar-refractivity contribution in [2.24, 2.45) is 0 Å². The molecule has 2 aromatic carbocycles. The number of likely N-dealkylation sites (N-methyl/N-ethyl adjacent to an activating group) is 1. The van der Waals surface area contributed by atoms with E-state index in [9.17, 15) is 0 Å². The van der Waals surface area contributed by atoms with Gasteiger partial charge in [0.1, 0.15) is 0 Å². The summed E-state index contributed by atoms with van der Waals surface area (Å²) in [5, 5.41) is 6.26. The lowest BCUT2D eigenvalue weighted by Crippen LogP contribution is -2.33. The smallest absolute Gasteiger partial charge is 0.0935 e. The molecule has 2 nitrogen and oxygen atoms in total. The molecule has 0 bridgehead atoms. The van der Waals surface area contributed by atoms with Crippen LogP contribution < -0.4 is 5.32 Å². The van der Waals surface area contributed by atoms with Gasteiger partial charge in [0, 0.05) is 6.04 Å². The molecule has 0 spiro atoms. The van der Waals surface area contributed by atoms with Crippen molar-refractivity contribution in [1.82, 2.24) is 5.32 Å². The topological polar surface area (TPSA) is 25.2 Å². The second-order valence-electron chi connectivity index (χ2n) is 5.43. The highest BCUT2D eigenvalue weighted by atomic mass is 16.3. The Hall–Kier alpha value is -2.06. The lowest BCUT2D eigenvalue weighted by molar-refractivity contribution is 0.515. The van der Waals surface area contributed by atoms with E-state index >= 15 is 0 Å². The fraction of sp³-hybridized carbons (Fsp3) is 0.263. The number of nitrogens with one attached hydrogen (secondary N) is 1. The molecular weight excluding hydrogens is 258 g/mol. The van der Waals surface area contributed by atoms with E-state index in [2.05, 4.69) is 54.7 Å². The minimum atomic E-state index is 0.429.